The van der Waals surface area contributed by atoms with Gasteiger partial charge in [-0.05, 0) is 23.8 Å². The van der Waals surface area contributed by atoms with Crippen molar-refractivity contribution >= 4 is 28.2 Å². The van der Waals surface area contributed by atoms with Crippen LogP contribution in [0.4, 0.5) is 11.4 Å². The molecule has 0 saturated heterocycles. The lowest BCUT2D eigenvalue weighted by atomic mass is 10.1. The molecule has 1 heterocycles. The third-order valence-corrected chi connectivity index (χ3v) is 4.18. The highest BCUT2D eigenvalue weighted by Crippen LogP contribution is 2.23. The van der Waals surface area contributed by atoms with Crippen molar-refractivity contribution in [3.63, 3.8) is 0 Å². The zero-order valence-electron chi connectivity index (χ0n) is 14.8. The monoisotopic (exact) mass is 353 g/mol. The normalized spacial score (nSPS) is 10.7. The van der Waals surface area contributed by atoms with Crippen molar-refractivity contribution in [2.75, 3.05) is 26.0 Å². The second-order valence-electron chi connectivity index (χ2n) is 6.28. The highest BCUT2D eigenvalue weighted by atomic mass is 16.6. The fourth-order valence-corrected chi connectivity index (χ4v) is 2.70. The molecule has 3 aromatic rings. The molecule has 0 unspecified atom stereocenters. The second-order valence-corrected chi connectivity index (χ2v) is 6.28. The molecule has 0 aliphatic rings. The van der Waals surface area contributed by atoms with Crippen molar-refractivity contribution in [2.45, 2.75) is 6.54 Å². The Labute approximate surface area is 150 Å². The number of nitrogens with one attached hydrogen (secondary N) is 1. The van der Waals surface area contributed by atoms with Crippen LogP contribution in [-0.4, -0.2) is 47.1 Å². The summed E-state index contributed by atoms with van der Waals surface area (Å²) in [6.45, 7) is 0.413. The average Bonchev–Trinajstić information content (AvgIpc) is 3.04. The van der Waals surface area contributed by atoms with Crippen molar-refractivity contribution in [1.29, 1.82) is 0 Å². The molecule has 0 aliphatic carbocycles. The fourth-order valence-electron chi connectivity index (χ4n) is 2.70. The Bertz CT molecular complexity index is 963. The molecule has 0 radical (unpaired) electrons. The van der Waals surface area contributed by atoms with Crippen LogP contribution < -0.4 is 4.90 Å². The number of fused-ring (bicyclic) bond motifs is 1. The van der Waals surface area contributed by atoms with Crippen LogP contribution in [0.25, 0.3) is 10.9 Å². The molecule has 0 bridgehead atoms. The zero-order valence-corrected chi connectivity index (χ0v) is 14.8. The summed E-state index contributed by atoms with van der Waals surface area (Å²) in [6, 6.07) is 12.2. The highest BCUT2D eigenvalue weighted by Gasteiger charge is 2.20. The first-order chi connectivity index (χ1) is 12.4. The van der Waals surface area contributed by atoms with Crippen molar-refractivity contribution in [3.8, 4) is 0 Å². The van der Waals surface area contributed by atoms with Crippen LogP contribution in [0.3, 0.4) is 0 Å². The Morgan fingerprint density at radius 1 is 1.15 bits per heavy atom. The van der Waals surface area contributed by atoms with Gasteiger partial charge in [-0.15, -0.1) is 0 Å². The van der Waals surface area contributed by atoms with Gasteiger partial charge >= 0.3 is 0 Å². The van der Waals surface area contributed by atoms with E-state index in [1.807, 2.05) is 43.3 Å². The number of non-ortho nitro benzene ring substituents is 1. The molecule has 8 nitrogen and oxygen atoms in total. The Morgan fingerprint density at radius 3 is 2.46 bits per heavy atom. The zero-order chi connectivity index (χ0) is 18.8. The molecule has 134 valence electrons. The number of H-pyrrole nitrogens is 1. The molecule has 1 amide bonds. The molecule has 26 heavy (non-hydrogen) atoms. The van der Waals surface area contributed by atoms with E-state index < -0.39 is 4.92 Å². The Morgan fingerprint density at radius 2 is 1.85 bits per heavy atom. The Kier molecular flexibility index (Phi) is 4.57. The summed E-state index contributed by atoms with van der Waals surface area (Å²) in [5, 5.41) is 18.2. The quantitative estimate of drug-likeness (QED) is 0.562. The number of carbonyl (C=O) groups is 1. The Hall–Kier alpha value is -3.42. The molecular weight excluding hydrogens is 334 g/mol. The van der Waals surface area contributed by atoms with Gasteiger partial charge in [0.05, 0.1) is 10.4 Å². The highest BCUT2D eigenvalue weighted by molar-refractivity contribution is 6.05. The van der Waals surface area contributed by atoms with E-state index in [2.05, 4.69) is 10.2 Å². The minimum absolute atomic E-state index is 0.0742. The topological polar surface area (TPSA) is 95.4 Å². The predicted molar refractivity (Wildman–Crippen MR) is 99.3 cm³/mol. The van der Waals surface area contributed by atoms with Gasteiger partial charge in [-0.25, -0.2) is 0 Å². The largest absolute Gasteiger partial charge is 0.378 e. The standard InChI is InChI=1S/C18H19N5O3/c1-21(2)13-6-4-12(5-7-13)11-22(3)18(24)17-15-10-14(23(25)26)8-9-16(15)19-20-17/h4-10H,11H2,1-3H3,(H,19,20). The van der Waals surface area contributed by atoms with Crippen LogP contribution in [0.5, 0.6) is 0 Å². The van der Waals surface area contributed by atoms with E-state index in [0.29, 0.717) is 17.4 Å². The van der Waals surface area contributed by atoms with Crippen molar-refractivity contribution in [2.24, 2.45) is 0 Å². The van der Waals surface area contributed by atoms with Gasteiger partial charge in [-0.3, -0.25) is 20.0 Å². The van der Waals surface area contributed by atoms with Gasteiger partial charge < -0.3 is 9.80 Å². The average molecular weight is 353 g/mol. The molecule has 0 saturated carbocycles. The Balaban J connectivity index is 1.83. The van der Waals surface area contributed by atoms with Gasteiger partial charge in [0.2, 0.25) is 0 Å². The molecule has 1 aromatic heterocycles. The van der Waals surface area contributed by atoms with Crippen molar-refractivity contribution in [1.82, 2.24) is 15.1 Å². The number of nitrogens with zero attached hydrogens (tertiary/aromatic N) is 4. The lowest BCUT2D eigenvalue weighted by molar-refractivity contribution is -0.384. The third kappa shape index (κ3) is 3.34. The number of benzene rings is 2. The summed E-state index contributed by atoms with van der Waals surface area (Å²) in [4.78, 5) is 26.8. The van der Waals surface area contributed by atoms with E-state index in [1.54, 1.807) is 18.0 Å². The minimum atomic E-state index is -0.489. The summed E-state index contributed by atoms with van der Waals surface area (Å²) in [5.41, 5.74) is 2.75. The molecule has 3 rings (SSSR count). The number of hydrogen-bond acceptors (Lipinski definition) is 5. The van der Waals surface area contributed by atoms with Gasteiger partial charge in [0.1, 0.15) is 0 Å². The van der Waals surface area contributed by atoms with Gasteiger partial charge in [0, 0.05) is 50.9 Å². The number of hydrogen-bond donors (Lipinski definition) is 1. The molecule has 8 heteroatoms. The van der Waals surface area contributed by atoms with Gasteiger partial charge in [0.25, 0.3) is 11.6 Å². The summed E-state index contributed by atoms with van der Waals surface area (Å²) >= 11 is 0. The smallest absolute Gasteiger partial charge is 0.275 e. The number of nitro benzene ring substituents is 1. The molecule has 0 atom stereocenters. The number of amides is 1. The van der Waals surface area contributed by atoms with Crippen LogP contribution in [-0.2, 0) is 6.54 Å². The van der Waals surface area contributed by atoms with Gasteiger partial charge in [0.15, 0.2) is 5.69 Å². The summed E-state index contributed by atoms with van der Waals surface area (Å²) in [7, 11) is 5.61. The van der Waals surface area contributed by atoms with Gasteiger partial charge in [-0.1, -0.05) is 12.1 Å². The number of anilines is 1. The summed E-state index contributed by atoms with van der Waals surface area (Å²) in [6.07, 6.45) is 0. The maximum atomic E-state index is 12.7. The molecule has 2 aromatic carbocycles. The van der Waals surface area contributed by atoms with Crippen LogP contribution in [0, 0.1) is 10.1 Å². The first-order valence-electron chi connectivity index (χ1n) is 8.01. The van der Waals surface area contributed by atoms with Crippen molar-refractivity contribution < 1.29 is 9.72 Å². The van der Waals surface area contributed by atoms with E-state index in [4.69, 9.17) is 0 Å². The third-order valence-electron chi connectivity index (χ3n) is 4.18. The molecule has 1 N–H and O–H groups in total. The number of nitro groups is 1. The fraction of sp³-hybridized carbons (Fsp3) is 0.222. The van der Waals surface area contributed by atoms with E-state index in [1.165, 1.54) is 12.1 Å². The van der Waals surface area contributed by atoms with Crippen LogP contribution in [0.1, 0.15) is 16.1 Å². The minimum Gasteiger partial charge on any atom is -0.378 e. The number of aromatic nitrogens is 2. The van der Waals surface area contributed by atoms with Crippen LogP contribution in [0.2, 0.25) is 0 Å². The number of aromatic amines is 1. The molecule has 0 spiro atoms. The number of rotatable bonds is 5. The van der Waals surface area contributed by atoms with E-state index in [-0.39, 0.29) is 17.3 Å². The molecule has 0 fully saturated rings. The predicted octanol–water partition coefficient (Wildman–Crippen LogP) is 2.81. The van der Waals surface area contributed by atoms with E-state index in [9.17, 15) is 14.9 Å². The van der Waals surface area contributed by atoms with Crippen LogP contribution >= 0.6 is 0 Å². The van der Waals surface area contributed by atoms with E-state index >= 15 is 0 Å². The summed E-state index contributed by atoms with van der Waals surface area (Å²) in [5.74, 6) is -0.298. The number of carbonyl (C=O) groups excluding carboxylic acids is 1. The van der Waals surface area contributed by atoms with Crippen molar-refractivity contribution in [3.05, 3.63) is 63.8 Å². The first-order valence-corrected chi connectivity index (χ1v) is 8.01. The lowest BCUT2D eigenvalue weighted by Gasteiger charge is -2.17. The first kappa shape index (κ1) is 17.4. The second kappa shape index (κ2) is 6.83. The maximum Gasteiger partial charge on any atom is 0.275 e. The maximum absolute atomic E-state index is 12.7. The van der Waals surface area contributed by atoms with E-state index in [0.717, 1.165) is 11.3 Å². The molecule has 0 aliphatic heterocycles. The molecular formula is C18H19N5O3. The van der Waals surface area contributed by atoms with Crippen LogP contribution in [0.15, 0.2) is 42.5 Å². The van der Waals surface area contributed by atoms with Gasteiger partial charge in [-0.2, -0.15) is 5.10 Å². The SMILES string of the molecule is CN(Cc1ccc(N(C)C)cc1)C(=O)c1n[nH]c2ccc([N+](=O)[O-])cc12. The summed E-state index contributed by atoms with van der Waals surface area (Å²) < 4.78 is 0. The lowest BCUT2D eigenvalue weighted by Crippen LogP contribution is -2.26.